The second-order valence-corrected chi connectivity index (χ2v) is 10.0. The van der Waals surface area contributed by atoms with Crippen molar-refractivity contribution in [2.24, 2.45) is 5.73 Å². The number of allylic oxidation sites excluding steroid dienone is 1. The Bertz CT molecular complexity index is 1280. The van der Waals surface area contributed by atoms with Crippen LogP contribution in [0.25, 0.3) is 0 Å². The standard InChI is InChI=1S/C24H25N5O4S2/c1-4-10-29-21(16-11-15(16)14-8-6-5-7-9-14)27-28-24(29)34-12-17(30)26-22-18(23(32)33-3)13(2)19(35-22)20(25)31/h4-9,15-16H,1,10-12H2,2-3H3,(H2,25,31)(H,26,30). The number of carbonyl (C=O) groups is 3. The third kappa shape index (κ3) is 5.15. The lowest BCUT2D eigenvalue weighted by Gasteiger charge is -2.08. The molecule has 1 aliphatic carbocycles. The molecular formula is C24H25N5O4S2. The van der Waals surface area contributed by atoms with E-state index >= 15 is 0 Å². The van der Waals surface area contributed by atoms with Crippen molar-refractivity contribution >= 4 is 45.9 Å². The van der Waals surface area contributed by atoms with Gasteiger partial charge in [0.15, 0.2) is 5.16 Å². The van der Waals surface area contributed by atoms with Gasteiger partial charge in [-0.05, 0) is 30.4 Å². The number of hydrogen-bond acceptors (Lipinski definition) is 8. The second-order valence-electron chi connectivity index (χ2n) is 8.05. The minimum Gasteiger partial charge on any atom is -0.465 e. The first-order valence-electron chi connectivity index (χ1n) is 10.9. The summed E-state index contributed by atoms with van der Waals surface area (Å²) in [6.07, 6.45) is 2.78. The Morgan fingerprint density at radius 2 is 2.03 bits per heavy atom. The van der Waals surface area contributed by atoms with Crippen LogP contribution in [-0.2, 0) is 16.1 Å². The van der Waals surface area contributed by atoms with Crippen LogP contribution >= 0.6 is 23.1 Å². The maximum atomic E-state index is 12.7. The van der Waals surface area contributed by atoms with Crippen molar-refractivity contribution in [1.82, 2.24) is 14.8 Å². The van der Waals surface area contributed by atoms with E-state index in [1.165, 1.54) is 24.4 Å². The molecule has 0 spiro atoms. The second kappa shape index (κ2) is 10.4. The number of rotatable bonds is 10. The molecule has 2 heterocycles. The van der Waals surface area contributed by atoms with Crippen molar-refractivity contribution in [3.05, 3.63) is 70.4 Å². The molecule has 35 heavy (non-hydrogen) atoms. The minimum absolute atomic E-state index is 0.0333. The number of thiophene rings is 1. The van der Waals surface area contributed by atoms with E-state index < -0.39 is 11.9 Å². The van der Waals surface area contributed by atoms with Gasteiger partial charge in [-0.3, -0.25) is 9.59 Å². The van der Waals surface area contributed by atoms with Gasteiger partial charge in [0.1, 0.15) is 10.8 Å². The first-order chi connectivity index (χ1) is 16.8. The number of primary amides is 1. The molecule has 1 aromatic carbocycles. The summed E-state index contributed by atoms with van der Waals surface area (Å²) in [7, 11) is 1.23. The van der Waals surface area contributed by atoms with Gasteiger partial charge in [0.25, 0.3) is 5.91 Å². The summed E-state index contributed by atoms with van der Waals surface area (Å²) in [6, 6.07) is 10.3. The highest BCUT2D eigenvalue weighted by Gasteiger charge is 2.43. The number of esters is 1. The third-order valence-electron chi connectivity index (χ3n) is 5.75. The number of amides is 2. The lowest BCUT2D eigenvalue weighted by atomic mass is 10.1. The monoisotopic (exact) mass is 511 g/mol. The summed E-state index contributed by atoms with van der Waals surface area (Å²) >= 11 is 2.19. The number of ether oxygens (including phenoxy) is 1. The number of aromatic nitrogens is 3. The molecule has 0 radical (unpaired) electrons. The number of methoxy groups -OCH3 is 1. The summed E-state index contributed by atoms with van der Waals surface area (Å²) < 4.78 is 6.79. The van der Waals surface area contributed by atoms with Gasteiger partial charge < -0.3 is 20.4 Å². The van der Waals surface area contributed by atoms with Gasteiger partial charge in [-0.25, -0.2) is 4.79 Å². The van der Waals surface area contributed by atoms with E-state index in [0.717, 1.165) is 23.6 Å². The molecule has 2 unspecified atom stereocenters. The maximum Gasteiger partial charge on any atom is 0.341 e. The van der Waals surface area contributed by atoms with Crippen LogP contribution in [0.15, 0.2) is 48.1 Å². The molecule has 0 saturated heterocycles. The van der Waals surface area contributed by atoms with Crippen LogP contribution in [0.4, 0.5) is 5.00 Å². The van der Waals surface area contributed by atoms with Crippen molar-refractivity contribution in [2.75, 3.05) is 18.2 Å². The lowest BCUT2D eigenvalue weighted by Crippen LogP contribution is -2.16. The zero-order valence-corrected chi connectivity index (χ0v) is 20.9. The van der Waals surface area contributed by atoms with Crippen LogP contribution in [0, 0.1) is 6.92 Å². The summed E-state index contributed by atoms with van der Waals surface area (Å²) in [5.41, 5.74) is 7.19. The molecule has 1 saturated carbocycles. The first kappa shape index (κ1) is 24.7. The van der Waals surface area contributed by atoms with Crippen LogP contribution < -0.4 is 11.1 Å². The Labute approximate surface area is 210 Å². The van der Waals surface area contributed by atoms with Gasteiger partial charge in [0.2, 0.25) is 5.91 Å². The molecule has 2 amide bonds. The topological polar surface area (TPSA) is 129 Å². The van der Waals surface area contributed by atoms with E-state index in [0.29, 0.717) is 23.2 Å². The molecule has 3 aromatic rings. The van der Waals surface area contributed by atoms with Crippen molar-refractivity contribution < 1.29 is 19.1 Å². The highest BCUT2D eigenvalue weighted by Crippen LogP contribution is 2.54. The maximum absolute atomic E-state index is 12.7. The molecule has 1 aliphatic rings. The largest absolute Gasteiger partial charge is 0.465 e. The van der Waals surface area contributed by atoms with E-state index in [4.69, 9.17) is 10.5 Å². The summed E-state index contributed by atoms with van der Waals surface area (Å²) in [4.78, 5) is 36.8. The molecule has 3 N–H and O–H groups in total. The average Bonchev–Trinajstić information content (AvgIpc) is 3.44. The molecule has 0 bridgehead atoms. The van der Waals surface area contributed by atoms with Crippen LogP contribution in [0.5, 0.6) is 0 Å². The Balaban J connectivity index is 1.46. The average molecular weight is 512 g/mol. The van der Waals surface area contributed by atoms with Crippen molar-refractivity contribution in [2.45, 2.75) is 36.9 Å². The Hall–Kier alpha value is -3.44. The zero-order valence-electron chi connectivity index (χ0n) is 19.3. The summed E-state index contributed by atoms with van der Waals surface area (Å²) in [5, 5.41) is 12.3. The Morgan fingerprint density at radius 1 is 1.29 bits per heavy atom. The van der Waals surface area contributed by atoms with Gasteiger partial charge in [0.05, 0.1) is 23.3 Å². The third-order valence-corrected chi connectivity index (χ3v) is 7.94. The smallest absolute Gasteiger partial charge is 0.341 e. The number of carbonyl (C=O) groups excluding carboxylic acids is 3. The SMILES string of the molecule is C=CCn1c(SCC(=O)Nc2sc(C(N)=O)c(C)c2C(=O)OC)nnc1C1CC1c1ccccc1. The molecule has 2 atom stereocenters. The summed E-state index contributed by atoms with van der Waals surface area (Å²) in [5.74, 6) is -0.0879. The molecule has 11 heteroatoms. The number of thioether (sulfide) groups is 1. The number of nitrogens with one attached hydrogen (secondary N) is 1. The number of nitrogens with two attached hydrogens (primary N) is 1. The van der Waals surface area contributed by atoms with Crippen LogP contribution in [-0.4, -0.2) is 45.4 Å². The molecule has 2 aromatic heterocycles. The fourth-order valence-corrected chi connectivity index (χ4v) is 5.83. The highest BCUT2D eigenvalue weighted by atomic mass is 32.2. The number of nitrogens with zero attached hydrogens (tertiary/aromatic N) is 3. The molecule has 9 nitrogen and oxygen atoms in total. The van der Waals surface area contributed by atoms with Gasteiger partial charge in [-0.1, -0.05) is 48.2 Å². The van der Waals surface area contributed by atoms with E-state index in [1.807, 2.05) is 22.8 Å². The summed E-state index contributed by atoms with van der Waals surface area (Å²) in [6.45, 7) is 5.96. The number of hydrogen-bond donors (Lipinski definition) is 2. The fourth-order valence-electron chi connectivity index (χ4n) is 4.01. The lowest BCUT2D eigenvalue weighted by molar-refractivity contribution is -0.113. The molecule has 0 aliphatic heterocycles. The van der Waals surface area contributed by atoms with E-state index in [9.17, 15) is 14.4 Å². The van der Waals surface area contributed by atoms with Gasteiger partial charge in [0, 0.05) is 12.5 Å². The van der Waals surface area contributed by atoms with E-state index in [1.54, 1.807) is 13.0 Å². The Morgan fingerprint density at radius 3 is 2.69 bits per heavy atom. The zero-order chi connectivity index (χ0) is 25.1. The minimum atomic E-state index is -0.675. The van der Waals surface area contributed by atoms with Gasteiger partial charge >= 0.3 is 5.97 Å². The molecule has 182 valence electrons. The normalized spacial score (nSPS) is 16.5. The van der Waals surface area contributed by atoms with Crippen molar-refractivity contribution in [3.63, 3.8) is 0 Å². The number of benzene rings is 1. The van der Waals surface area contributed by atoms with Crippen LogP contribution in [0.1, 0.15) is 55.2 Å². The predicted molar refractivity (Wildman–Crippen MR) is 135 cm³/mol. The van der Waals surface area contributed by atoms with E-state index in [2.05, 4.69) is 34.2 Å². The predicted octanol–water partition coefficient (Wildman–Crippen LogP) is 3.72. The first-order valence-corrected chi connectivity index (χ1v) is 12.7. The Kier molecular flexibility index (Phi) is 7.37. The number of anilines is 1. The van der Waals surface area contributed by atoms with E-state index in [-0.39, 0.29) is 33.0 Å². The van der Waals surface area contributed by atoms with Gasteiger partial charge in [-0.2, -0.15) is 0 Å². The van der Waals surface area contributed by atoms with Gasteiger partial charge in [-0.15, -0.1) is 28.1 Å². The van der Waals surface area contributed by atoms with Crippen LogP contribution in [0.3, 0.4) is 0 Å². The molecular weight excluding hydrogens is 486 g/mol. The van der Waals surface area contributed by atoms with Crippen molar-refractivity contribution in [1.29, 1.82) is 0 Å². The quantitative estimate of drug-likeness (QED) is 0.241. The fraction of sp³-hybridized carbons (Fsp3) is 0.292. The molecule has 1 fully saturated rings. The van der Waals surface area contributed by atoms with Crippen molar-refractivity contribution in [3.8, 4) is 0 Å². The molecule has 4 rings (SSSR count). The highest BCUT2D eigenvalue weighted by molar-refractivity contribution is 7.99. The van der Waals surface area contributed by atoms with Crippen LogP contribution in [0.2, 0.25) is 0 Å².